The van der Waals surface area contributed by atoms with Crippen LogP contribution in [-0.2, 0) is 14.5 Å². The number of rotatable bonds is 22. The van der Waals surface area contributed by atoms with Crippen molar-refractivity contribution in [2.45, 2.75) is 116 Å². The number of hydrogen-bond acceptors (Lipinski definition) is 5. The third-order valence-electron chi connectivity index (χ3n) is 4.86. The van der Waals surface area contributed by atoms with Crippen LogP contribution >= 0.6 is 0 Å². The van der Waals surface area contributed by atoms with Crippen molar-refractivity contribution in [3.63, 3.8) is 0 Å². The average Bonchev–Trinajstić information content (AvgIpc) is 2.66. The molecule has 26 heavy (non-hydrogen) atoms. The van der Waals surface area contributed by atoms with Crippen molar-refractivity contribution in [3.8, 4) is 0 Å². The summed E-state index contributed by atoms with van der Waals surface area (Å²) in [6, 6.07) is 0. The topological polar surface area (TPSA) is 68.2 Å². The zero-order chi connectivity index (χ0) is 19.1. The van der Waals surface area contributed by atoms with Gasteiger partial charge in [-0.2, -0.15) is 0 Å². The van der Waals surface area contributed by atoms with Gasteiger partial charge in [-0.15, -0.1) is 0 Å². The van der Waals surface area contributed by atoms with Gasteiger partial charge >= 0.3 is 0 Å². The van der Waals surface area contributed by atoms with Crippen LogP contribution < -0.4 is 0 Å². The van der Waals surface area contributed by atoms with Crippen molar-refractivity contribution in [2.75, 3.05) is 19.8 Å². The fraction of sp³-hybridized carbons (Fsp3) is 1.00. The van der Waals surface area contributed by atoms with E-state index < -0.39 is 6.10 Å². The van der Waals surface area contributed by atoms with Crippen LogP contribution in [0.5, 0.6) is 0 Å². The van der Waals surface area contributed by atoms with Gasteiger partial charge in [-0.05, 0) is 6.42 Å². The summed E-state index contributed by atoms with van der Waals surface area (Å²) in [5, 5.41) is 16.8. The molecule has 0 aliphatic heterocycles. The van der Waals surface area contributed by atoms with E-state index in [-0.39, 0.29) is 13.2 Å². The molecular weight excluding hydrogens is 332 g/mol. The van der Waals surface area contributed by atoms with E-state index >= 15 is 0 Å². The first-order chi connectivity index (χ1) is 12.8. The van der Waals surface area contributed by atoms with Crippen molar-refractivity contribution < 1.29 is 25.0 Å². The average molecular weight is 377 g/mol. The maximum atomic E-state index is 8.53. The highest BCUT2D eigenvalue weighted by molar-refractivity contribution is 4.52. The van der Waals surface area contributed by atoms with Crippen molar-refractivity contribution in [2.24, 2.45) is 0 Å². The molecule has 0 heterocycles. The monoisotopic (exact) mass is 376 g/mol. The van der Waals surface area contributed by atoms with Gasteiger partial charge in [0.05, 0.1) is 6.61 Å². The third-order valence-corrected chi connectivity index (χ3v) is 4.86. The lowest BCUT2D eigenvalue weighted by Crippen LogP contribution is -2.24. The molecule has 5 nitrogen and oxygen atoms in total. The standard InChI is InChI=1S/C21H44O5/c1-2-3-4-5-6-7-8-9-10-11-12-13-14-15-16-17-18-24-19-21(26-23)20-25-22/h21-23H,2-20H2,1H3. The van der Waals surface area contributed by atoms with E-state index in [1.165, 1.54) is 96.3 Å². The SMILES string of the molecule is CCCCCCCCCCCCCCCCCCOCC(COO)OO. The fourth-order valence-corrected chi connectivity index (χ4v) is 3.16. The molecule has 0 amide bonds. The van der Waals surface area contributed by atoms with Crippen molar-refractivity contribution in [3.05, 3.63) is 0 Å². The van der Waals surface area contributed by atoms with E-state index in [1.807, 2.05) is 0 Å². The van der Waals surface area contributed by atoms with Gasteiger partial charge in [-0.3, -0.25) is 10.5 Å². The maximum Gasteiger partial charge on any atom is 0.142 e. The number of ether oxygens (including phenoxy) is 1. The van der Waals surface area contributed by atoms with Crippen LogP contribution in [-0.4, -0.2) is 36.4 Å². The van der Waals surface area contributed by atoms with Crippen molar-refractivity contribution >= 4 is 0 Å². The van der Waals surface area contributed by atoms with Gasteiger partial charge in [0.25, 0.3) is 0 Å². The van der Waals surface area contributed by atoms with Crippen LogP contribution in [0.1, 0.15) is 110 Å². The zero-order valence-electron chi connectivity index (χ0n) is 17.1. The van der Waals surface area contributed by atoms with E-state index in [2.05, 4.69) is 16.7 Å². The first-order valence-electron chi connectivity index (χ1n) is 11.0. The summed E-state index contributed by atoms with van der Waals surface area (Å²) >= 11 is 0. The Morgan fingerprint density at radius 1 is 0.577 bits per heavy atom. The summed E-state index contributed by atoms with van der Waals surface area (Å²) < 4.78 is 5.38. The van der Waals surface area contributed by atoms with Crippen LogP contribution in [0.4, 0.5) is 0 Å². The number of hydrogen-bond donors (Lipinski definition) is 2. The molecule has 1 atom stereocenters. The summed E-state index contributed by atoms with van der Waals surface area (Å²) in [6.45, 7) is 3.08. The molecule has 0 radical (unpaired) electrons. The van der Waals surface area contributed by atoms with Gasteiger partial charge in [-0.25, -0.2) is 9.78 Å². The van der Waals surface area contributed by atoms with Crippen LogP contribution in [0.25, 0.3) is 0 Å². The minimum absolute atomic E-state index is 0.0878. The lowest BCUT2D eigenvalue weighted by Gasteiger charge is -2.11. The summed E-state index contributed by atoms with van der Waals surface area (Å²) in [6.07, 6.45) is 21.0. The molecule has 0 aromatic rings. The largest absolute Gasteiger partial charge is 0.379 e. The molecule has 0 fully saturated rings. The molecule has 0 aromatic carbocycles. The predicted molar refractivity (Wildman–Crippen MR) is 106 cm³/mol. The Morgan fingerprint density at radius 3 is 1.38 bits per heavy atom. The van der Waals surface area contributed by atoms with Crippen LogP contribution in [0.15, 0.2) is 0 Å². The van der Waals surface area contributed by atoms with Gasteiger partial charge in [0.2, 0.25) is 0 Å². The summed E-state index contributed by atoms with van der Waals surface area (Å²) in [5.74, 6) is 0. The minimum Gasteiger partial charge on any atom is -0.379 e. The molecule has 0 saturated heterocycles. The molecule has 2 N–H and O–H groups in total. The number of unbranched alkanes of at least 4 members (excludes halogenated alkanes) is 15. The minimum atomic E-state index is -0.624. The molecule has 0 rings (SSSR count). The van der Waals surface area contributed by atoms with Crippen molar-refractivity contribution in [1.29, 1.82) is 0 Å². The summed E-state index contributed by atoms with van der Waals surface area (Å²) in [4.78, 5) is 8.03. The maximum absolute atomic E-state index is 8.53. The normalized spacial score (nSPS) is 12.6. The zero-order valence-corrected chi connectivity index (χ0v) is 17.1. The second kappa shape index (κ2) is 22.8. The molecule has 5 heteroatoms. The Kier molecular flexibility index (Phi) is 22.7. The van der Waals surface area contributed by atoms with E-state index in [4.69, 9.17) is 15.3 Å². The Bertz CT molecular complexity index is 251. The fourth-order valence-electron chi connectivity index (χ4n) is 3.16. The molecule has 0 aliphatic carbocycles. The highest BCUT2D eigenvalue weighted by atomic mass is 17.1. The van der Waals surface area contributed by atoms with E-state index in [0.29, 0.717) is 6.61 Å². The third kappa shape index (κ3) is 20.1. The Balaban J connectivity index is 3.07. The van der Waals surface area contributed by atoms with E-state index in [0.717, 1.165) is 6.42 Å². The Morgan fingerprint density at radius 2 is 1.00 bits per heavy atom. The van der Waals surface area contributed by atoms with Gasteiger partial charge in [-0.1, -0.05) is 103 Å². The smallest absolute Gasteiger partial charge is 0.142 e. The van der Waals surface area contributed by atoms with Crippen LogP contribution in [0, 0.1) is 0 Å². The van der Waals surface area contributed by atoms with E-state index in [9.17, 15) is 0 Å². The molecule has 1 unspecified atom stereocenters. The summed E-state index contributed by atoms with van der Waals surface area (Å²) in [5.41, 5.74) is 0. The van der Waals surface area contributed by atoms with Crippen LogP contribution in [0.2, 0.25) is 0 Å². The second-order valence-corrected chi connectivity index (χ2v) is 7.40. The molecule has 0 saturated carbocycles. The van der Waals surface area contributed by atoms with Crippen molar-refractivity contribution in [1.82, 2.24) is 0 Å². The molecular formula is C21H44O5. The summed E-state index contributed by atoms with van der Waals surface area (Å²) in [7, 11) is 0. The molecule has 158 valence electrons. The van der Waals surface area contributed by atoms with E-state index in [1.54, 1.807) is 0 Å². The highest BCUT2D eigenvalue weighted by Gasteiger charge is 2.09. The lowest BCUT2D eigenvalue weighted by molar-refractivity contribution is -0.332. The molecule has 0 aliphatic rings. The Hall–Kier alpha value is -0.200. The predicted octanol–water partition coefficient (Wildman–Crippen LogP) is 6.61. The van der Waals surface area contributed by atoms with Gasteiger partial charge in [0.15, 0.2) is 0 Å². The quantitative estimate of drug-likeness (QED) is 0.126. The first kappa shape index (κ1) is 25.8. The molecule has 0 aromatic heterocycles. The first-order valence-corrected chi connectivity index (χ1v) is 11.0. The van der Waals surface area contributed by atoms with Gasteiger partial charge in [0.1, 0.15) is 12.7 Å². The van der Waals surface area contributed by atoms with Gasteiger partial charge in [0, 0.05) is 6.61 Å². The van der Waals surface area contributed by atoms with Gasteiger partial charge < -0.3 is 4.74 Å². The Labute approximate surface area is 161 Å². The highest BCUT2D eigenvalue weighted by Crippen LogP contribution is 2.13. The molecule has 0 bridgehead atoms. The molecule has 0 spiro atoms. The lowest BCUT2D eigenvalue weighted by atomic mass is 10.0. The van der Waals surface area contributed by atoms with Crippen LogP contribution in [0.3, 0.4) is 0 Å². The second-order valence-electron chi connectivity index (χ2n) is 7.40.